The fourth-order valence-corrected chi connectivity index (χ4v) is 2.84. The van der Waals surface area contributed by atoms with Gasteiger partial charge in [0, 0.05) is 17.6 Å². The minimum atomic E-state index is -0.583. The first-order valence-electron chi connectivity index (χ1n) is 8.62. The Labute approximate surface area is 163 Å². The fraction of sp³-hybridized carbons (Fsp3) is 0. The molecule has 0 bridgehead atoms. The van der Waals surface area contributed by atoms with Crippen LogP contribution in [0.5, 0.6) is 0 Å². The lowest BCUT2D eigenvalue weighted by atomic mass is 10.2. The summed E-state index contributed by atoms with van der Waals surface area (Å²) < 4.78 is 27.9. The maximum Gasteiger partial charge on any atom is 0.292 e. The Balaban J connectivity index is 1.66. The van der Waals surface area contributed by atoms with E-state index in [0.29, 0.717) is 11.2 Å². The second-order valence-electron chi connectivity index (χ2n) is 6.17. The number of nitrogens with one attached hydrogen (secondary N) is 2. The van der Waals surface area contributed by atoms with Crippen molar-refractivity contribution in [2.24, 2.45) is 0 Å². The largest absolute Gasteiger partial charge is 0.320 e. The van der Waals surface area contributed by atoms with Crippen molar-refractivity contribution in [1.82, 2.24) is 9.38 Å². The quantitative estimate of drug-likeness (QED) is 0.549. The smallest absolute Gasteiger partial charge is 0.292 e. The van der Waals surface area contributed by atoms with E-state index < -0.39 is 23.4 Å². The summed E-state index contributed by atoms with van der Waals surface area (Å²) >= 11 is 0. The number of nitrogens with zero attached hydrogens (tertiary/aromatic N) is 2. The number of amides is 2. The summed E-state index contributed by atoms with van der Waals surface area (Å²) in [5.74, 6) is -2.08. The van der Waals surface area contributed by atoms with Crippen LogP contribution in [0.1, 0.15) is 21.1 Å². The molecule has 2 heterocycles. The van der Waals surface area contributed by atoms with E-state index in [0.717, 1.165) is 0 Å². The van der Waals surface area contributed by atoms with E-state index in [9.17, 15) is 18.4 Å². The molecule has 0 aliphatic carbocycles. The van der Waals surface area contributed by atoms with Crippen molar-refractivity contribution >= 4 is 28.7 Å². The molecular weight excluding hydrogens is 378 g/mol. The van der Waals surface area contributed by atoms with Gasteiger partial charge in [0.1, 0.15) is 11.6 Å². The van der Waals surface area contributed by atoms with Gasteiger partial charge < -0.3 is 10.6 Å². The second-order valence-corrected chi connectivity index (χ2v) is 6.17. The van der Waals surface area contributed by atoms with Crippen molar-refractivity contribution in [1.29, 1.82) is 0 Å². The van der Waals surface area contributed by atoms with Crippen LogP contribution in [0.2, 0.25) is 0 Å². The minimum absolute atomic E-state index is 0.0131. The summed E-state index contributed by atoms with van der Waals surface area (Å²) in [5.41, 5.74) is 1.07. The molecule has 2 aromatic heterocycles. The average molecular weight is 392 g/mol. The number of hydrogen-bond donors (Lipinski definition) is 2. The standard InChI is InChI=1S/C21H14F2N4O2/c22-13-7-9-15(10-8-13)24-21(29)19-26-18(17-6-1-2-11-27(17)19)20(28)25-16-5-3-4-14(23)12-16/h1-12H,(H,24,29)(H,25,28). The number of fused-ring (bicyclic) bond motifs is 1. The summed E-state index contributed by atoms with van der Waals surface area (Å²) in [6, 6.07) is 15.8. The van der Waals surface area contributed by atoms with Gasteiger partial charge in [0.25, 0.3) is 11.8 Å². The number of pyridine rings is 1. The molecular formula is C21H14F2N4O2. The third-order valence-electron chi connectivity index (χ3n) is 4.15. The number of carbonyl (C=O) groups excluding carboxylic acids is 2. The zero-order chi connectivity index (χ0) is 20.4. The summed E-state index contributed by atoms with van der Waals surface area (Å²) in [6.45, 7) is 0. The van der Waals surface area contributed by atoms with E-state index in [-0.39, 0.29) is 17.2 Å². The lowest BCUT2D eigenvalue weighted by Crippen LogP contribution is -2.16. The second kappa shape index (κ2) is 7.51. The molecule has 4 rings (SSSR count). The third kappa shape index (κ3) is 3.81. The predicted octanol–water partition coefficient (Wildman–Crippen LogP) is 4.12. The zero-order valence-electron chi connectivity index (χ0n) is 14.9. The number of benzene rings is 2. The van der Waals surface area contributed by atoms with E-state index in [1.165, 1.54) is 46.9 Å². The molecule has 0 saturated carbocycles. The van der Waals surface area contributed by atoms with Gasteiger partial charge in [0.15, 0.2) is 5.69 Å². The van der Waals surface area contributed by atoms with Crippen molar-refractivity contribution < 1.29 is 18.4 Å². The predicted molar refractivity (Wildman–Crippen MR) is 104 cm³/mol. The van der Waals surface area contributed by atoms with Gasteiger partial charge in [-0.3, -0.25) is 14.0 Å². The van der Waals surface area contributed by atoms with Gasteiger partial charge in [0.05, 0.1) is 5.52 Å². The molecule has 0 unspecified atom stereocenters. The molecule has 0 atom stereocenters. The molecule has 0 aliphatic heterocycles. The van der Waals surface area contributed by atoms with E-state index in [4.69, 9.17) is 0 Å². The van der Waals surface area contributed by atoms with Crippen LogP contribution in [0.25, 0.3) is 5.52 Å². The number of rotatable bonds is 4. The average Bonchev–Trinajstić information content (AvgIpc) is 3.10. The highest BCUT2D eigenvalue weighted by Crippen LogP contribution is 2.18. The molecule has 2 aromatic carbocycles. The van der Waals surface area contributed by atoms with E-state index in [1.54, 1.807) is 30.5 Å². The van der Waals surface area contributed by atoms with Crippen LogP contribution in [0.15, 0.2) is 72.9 Å². The molecule has 0 aliphatic rings. The van der Waals surface area contributed by atoms with Crippen LogP contribution < -0.4 is 10.6 Å². The molecule has 2 amide bonds. The van der Waals surface area contributed by atoms with Crippen LogP contribution in [-0.4, -0.2) is 21.2 Å². The Kier molecular flexibility index (Phi) is 4.74. The van der Waals surface area contributed by atoms with Crippen LogP contribution >= 0.6 is 0 Å². The summed E-state index contributed by atoms with van der Waals surface area (Å²) in [6.07, 6.45) is 1.60. The van der Waals surface area contributed by atoms with Crippen molar-refractivity contribution in [3.63, 3.8) is 0 Å². The first kappa shape index (κ1) is 18.3. The molecule has 0 radical (unpaired) electrons. The summed E-state index contributed by atoms with van der Waals surface area (Å²) in [5, 5.41) is 5.19. The topological polar surface area (TPSA) is 75.5 Å². The number of anilines is 2. The molecule has 0 saturated heterocycles. The molecule has 2 N–H and O–H groups in total. The van der Waals surface area contributed by atoms with Gasteiger partial charge in [-0.15, -0.1) is 0 Å². The fourth-order valence-electron chi connectivity index (χ4n) is 2.84. The van der Waals surface area contributed by atoms with E-state index >= 15 is 0 Å². The van der Waals surface area contributed by atoms with E-state index in [1.807, 2.05) is 0 Å². The number of hydrogen-bond acceptors (Lipinski definition) is 3. The Morgan fingerprint density at radius 2 is 1.55 bits per heavy atom. The molecule has 144 valence electrons. The molecule has 0 spiro atoms. The SMILES string of the molecule is O=C(Nc1cccc(F)c1)c1nc(C(=O)Nc2ccc(F)cc2)n2ccccc12. The van der Waals surface area contributed by atoms with Gasteiger partial charge in [-0.25, -0.2) is 13.8 Å². The van der Waals surface area contributed by atoms with E-state index in [2.05, 4.69) is 15.6 Å². The van der Waals surface area contributed by atoms with Gasteiger partial charge in [-0.1, -0.05) is 12.1 Å². The van der Waals surface area contributed by atoms with Crippen LogP contribution in [0.4, 0.5) is 20.2 Å². The lowest BCUT2D eigenvalue weighted by Gasteiger charge is -2.04. The molecule has 4 aromatic rings. The van der Waals surface area contributed by atoms with Crippen LogP contribution in [-0.2, 0) is 0 Å². The maximum atomic E-state index is 13.4. The number of carbonyl (C=O) groups is 2. The first-order chi connectivity index (χ1) is 14.0. The first-order valence-corrected chi connectivity index (χ1v) is 8.62. The number of aromatic nitrogens is 2. The number of imidazole rings is 1. The van der Waals surface area contributed by atoms with Crippen molar-refractivity contribution in [2.75, 3.05) is 10.6 Å². The van der Waals surface area contributed by atoms with Gasteiger partial charge in [-0.05, 0) is 54.6 Å². The Hall–Kier alpha value is -4.07. The lowest BCUT2D eigenvalue weighted by molar-refractivity contribution is 0.101. The monoisotopic (exact) mass is 392 g/mol. The zero-order valence-corrected chi connectivity index (χ0v) is 14.9. The molecule has 6 nitrogen and oxygen atoms in total. The Bertz CT molecular complexity index is 1220. The van der Waals surface area contributed by atoms with Crippen molar-refractivity contribution in [3.05, 3.63) is 96.1 Å². The molecule has 29 heavy (non-hydrogen) atoms. The minimum Gasteiger partial charge on any atom is -0.320 e. The van der Waals surface area contributed by atoms with Gasteiger partial charge in [0.2, 0.25) is 5.82 Å². The van der Waals surface area contributed by atoms with Gasteiger partial charge in [-0.2, -0.15) is 0 Å². The summed E-state index contributed by atoms with van der Waals surface area (Å²) in [7, 11) is 0. The Morgan fingerprint density at radius 3 is 2.31 bits per heavy atom. The van der Waals surface area contributed by atoms with Crippen LogP contribution in [0.3, 0.4) is 0 Å². The molecule has 0 fully saturated rings. The highest BCUT2D eigenvalue weighted by atomic mass is 19.1. The number of halogens is 2. The van der Waals surface area contributed by atoms with Crippen molar-refractivity contribution in [2.45, 2.75) is 0 Å². The van der Waals surface area contributed by atoms with Crippen molar-refractivity contribution in [3.8, 4) is 0 Å². The maximum absolute atomic E-state index is 13.4. The summed E-state index contributed by atoms with van der Waals surface area (Å²) in [4.78, 5) is 29.6. The van der Waals surface area contributed by atoms with Crippen LogP contribution in [0, 0.1) is 11.6 Å². The normalized spacial score (nSPS) is 10.7. The Morgan fingerprint density at radius 1 is 0.793 bits per heavy atom. The van der Waals surface area contributed by atoms with Gasteiger partial charge >= 0.3 is 0 Å². The highest BCUT2D eigenvalue weighted by Gasteiger charge is 2.21. The molecule has 8 heteroatoms. The third-order valence-corrected chi connectivity index (χ3v) is 4.15. The highest BCUT2D eigenvalue weighted by molar-refractivity contribution is 6.10.